The van der Waals surface area contributed by atoms with Crippen LogP contribution in [-0.2, 0) is 10.0 Å². The Bertz CT molecular complexity index is 753. The summed E-state index contributed by atoms with van der Waals surface area (Å²) < 4.78 is 32.0. The minimum atomic E-state index is -3.58. The minimum absolute atomic E-state index is 0.481. The van der Waals surface area contributed by atoms with E-state index in [2.05, 4.69) is 4.72 Å². The average Bonchev–Trinajstić information content (AvgIpc) is 2.53. The largest absolute Gasteiger partial charge is 0.494 e. The molecular weight excluding hydrogens is 334 g/mol. The van der Waals surface area contributed by atoms with E-state index < -0.39 is 10.0 Å². The van der Waals surface area contributed by atoms with Crippen molar-refractivity contribution in [1.82, 2.24) is 0 Å². The number of hydrogen-bond acceptors (Lipinski definition) is 3. The molecule has 23 heavy (non-hydrogen) atoms. The monoisotopic (exact) mass is 351 g/mol. The van der Waals surface area contributed by atoms with Crippen LogP contribution in [-0.4, -0.2) is 15.0 Å². The van der Waals surface area contributed by atoms with Gasteiger partial charge in [-0.25, -0.2) is 8.42 Å². The van der Waals surface area contributed by atoms with Gasteiger partial charge in [0, 0.05) is 10.7 Å². The first-order chi connectivity index (χ1) is 11.0. The molecule has 2 aromatic carbocycles. The van der Waals surface area contributed by atoms with Gasteiger partial charge in [0.15, 0.2) is 0 Å². The second kappa shape index (κ2) is 8.04. The van der Waals surface area contributed by atoms with E-state index in [-0.39, 0.29) is 0 Å². The molecule has 0 aliphatic rings. The Labute approximate surface area is 141 Å². The lowest BCUT2D eigenvalue weighted by atomic mass is 10.2. The number of ether oxygens (including phenoxy) is 1. The molecule has 0 radical (unpaired) electrons. The third-order valence-electron chi connectivity index (χ3n) is 2.90. The van der Waals surface area contributed by atoms with Crippen molar-refractivity contribution in [1.29, 1.82) is 0 Å². The zero-order valence-corrected chi connectivity index (χ0v) is 14.3. The fourth-order valence-corrected chi connectivity index (χ4v) is 2.77. The second-order valence-electron chi connectivity index (χ2n) is 4.87. The Balaban J connectivity index is 2.01. The quantitative estimate of drug-likeness (QED) is 0.796. The van der Waals surface area contributed by atoms with Gasteiger partial charge in [-0.1, -0.05) is 30.7 Å². The van der Waals surface area contributed by atoms with Gasteiger partial charge in [-0.2, -0.15) is 0 Å². The Morgan fingerprint density at radius 1 is 1.09 bits per heavy atom. The van der Waals surface area contributed by atoms with Gasteiger partial charge in [0.1, 0.15) is 5.75 Å². The summed E-state index contributed by atoms with van der Waals surface area (Å²) in [6, 6.07) is 13.7. The van der Waals surface area contributed by atoms with E-state index in [1.54, 1.807) is 48.5 Å². The molecule has 4 nitrogen and oxygen atoms in total. The van der Waals surface area contributed by atoms with Crippen LogP contribution in [0.15, 0.2) is 53.9 Å². The maximum atomic E-state index is 12.0. The summed E-state index contributed by atoms with van der Waals surface area (Å²) in [6.45, 7) is 2.66. The molecule has 122 valence electrons. The van der Waals surface area contributed by atoms with Crippen molar-refractivity contribution in [3.63, 3.8) is 0 Å². The fourth-order valence-electron chi connectivity index (χ4n) is 1.78. The van der Waals surface area contributed by atoms with Gasteiger partial charge in [-0.15, -0.1) is 0 Å². The molecule has 0 aromatic heterocycles. The first-order valence-electron chi connectivity index (χ1n) is 7.18. The lowest BCUT2D eigenvalue weighted by molar-refractivity contribution is 0.317. The molecule has 0 aliphatic heterocycles. The highest BCUT2D eigenvalue weighted by Crippen LogP contribution is 2.18. The highest BCUT2D eigenvalue weighted by atomic mass is 35.5. The van der Waals surface area contributed by atoms with Gasteiger partial charge in [0.2, 0.25) is 0 Å². The Morgan fingerprint density at radius 2 is 1.74 bits per heavy atom. The van der Waals surface area contributed by atoms with Gasteiger partial charge in [0.25, 0.3) is 10.0 Å². The molecule has 0 spiro atoms. The molecule has 0 unspecified atom stereocenters. The summed E-state index contributed by atoms with van der Waals surface area (Å²) in [6.07, 6.45) is 2.43. The maximum Gasteiger partial charge on any atom is 0.255 e. The Morgan fingerprint density at radius 3 is 2.35 bits per heavy atom. The fraction of sp³-hybridized carbons (Fsp3) is 0.176. The van der Waals surface area contributed by atoms with E-state index in [4.69, 9.17) is 16.3 Å². The molecule has 2 rings (SSSR count). The van der Waals surface area contributed by atoms with Crippen LogP contribution in [0.25, 0.3) is 6.08 Å². The third kappa shape index (κ3) is 5.96. The van der Waals surface area contributed by atoms with Crippen LogP contribution in [0.2, 0.25) is 5.02 Å². The van der Waals surface area contributed by atoms with Crippen LogP contribution >= 0.6 is 11.6 Å². The highest BCUT2D eigenvalue weighted by Gasteiger charge is 2.05. The van der Waals surface area contributed by atoms with Crippen molar-refractivity contribution in [3.8, 4) is 5.75 Å². The highest BCUT2D eigenvalue weighted by molar-refractivity contribution is 7.95. The normalized spacial score (nSPS) is 11.6. The van der Waals surface area contributed by atoms with E-state index in [1.165, 1.54) is 6.08 Å². The van der Waals surface area contributed by atoms with Crippen molar-refractivity contribution >= 4 is 33.4 Å². The topological polar surface area (TPSA) is 55.4 Å². The molecule has 0 atom stereocenters. The van der Waals surface area contributed by atoms with Crippen LogP contribution in [0.1, 0.15) is 18.9 Å². The van der Waals surface area contributed by atoms with E-state index in [0.717, 1.165) is 17.4 Å². The number of hydrogen-bond donors (Lipinski definition) is 1. The van der Waals surface area contributed by atoms with Gasteiger partial charge in [-0.05, 0) is 54.5 Å². The van der Waals surface area contributed by atoms with E-state index in [0.29, 0.717) is 23.1 Å². The van der Waals surface area contributed by atoms with Crippen molar-refractivity contribution in [2.24, 2.45) is 0 Å². The zero-order valence-electron chi connectivity index (χ0n) is 12.7. The van der Waals surface area contributed by atoms with Crippen LogP contribution in [0.5, 0.6) is 5.75 Å². The van der Waals surface area contributed by atoms with Crippen molar-refractivity contribution in [2.45, 2.75) is 13.3 Å². The number of rotatable bonds is 7. The summed E-state index contributed by atoms with van der Waals surface area (Å²) in [5.41, 5.74) is 1.23. The summed E-state index contributed by atoms with van der Waals surface area (Å²) >= 11 is 5.79. The number of halogens is 1. The molecule has 1 N–H and O–H groups in total. The number of nitrogens with one attached hydrogen (secondary N) is 1. The van der Waals surface area contributed by atoms with Crippen molar-refractivity contribution in [2.75, 3.05) is 11.3 Å². The van der Waals surface area contributed by atoms with E-state index in [1.807, 2.05) is 6.92 Å². The maximum absolute atomic E-state index is 12.0. The Kier molecular flexibility index (Phi) is 6.07. The number of anilines is 1. The summed E-state index contributed by atoms with van der Waals surface area (Å²) in [5, 5.41) is 1.73. The lowest BCUT2D eigenvalue weighted by Crippen LogP contribution is -2.08. The first-order valence-corrected chi connectivity index (χ1v) is 9.10. The van der Waals surface area contributed by atoms with Gasteiger partial charge < -0.3 is 4.74 Å². The molecule has 6 heteroatoms. The first kappa shape index (κ1) is 17.4. The molecule has 0 fully saturated rings. The van der Waals surface area contributed by atoms with E-state index >= 15 is 0 Å². The molecule has 0 saturated carbocycles. The number of benzene rings is 2. The summed E-state index contributed by atoms with van der Waals surface area (Å²) in [7, 11) is -3.58. The number of sulfonamides is 1. The molecule has 0 aliphatic carbocycles. The standard InChI is InChI=1S/C17H18ClNO3S/c1-2-12-22-17-9-7-16(8-10-17)19-23(20,21)13-11-14-3-5-15(18)6-4-14/h3-11,13,19H,2,12H2,1H3. The molecule has 0 heterocycles. The van der Waals surface area contributed by atoms with Crippen LogP contribution < -0.4 is 9.46 Å². The SMILES string of the molecule is CCCOc1ccc(NS(=O)(=O)C=Cc2ccc(Cl)cc2)cc1. The molecule has 0 bridgehead atoms. The van der Waals surface area contributed by atoms with Crippen LogP contribution in [0.3, 0.4) is 0 Å². The van der Waals surface area contributed by atoms with Crippen LogP contribution in [0.4, 0.5) is 5.69 Å². The molecule has 0 amide bonds. The van der Waals surface area contributed by atoms with Gasteiger partial charge in [-0.3, -0.25) is 4.72 Å². The lowest BCUT2D eigenvalue weighted by Gasteiger charge is -2.07. The third-order valence-corrected chi connectivity index (χ3v) is 4.16. The molecule has 2 aromatic rings. The van der Waals surface area contributed by atoms with E-state index in [9.17, 15) is 8.42 Å². The zero-order chi connectivity index (χ0) is 16.7. The smallest absolute Gasteiger partial charge is 0.255 e. The molecule has 0 saturated heterocycles. The summed E-state index contributed by atoms with van der Waals surface area (Å²) in [5.74, 6) is 0.714. The Hall–Kier alpha value is -1.98. The van der Waals surface area contributed by atoms with Crippen molar-refractivity contribution in [3.05, 3.63) is 64.5 Å². The predicted octanol–water partition coefficient (Wildman–Crippen LogP) is 4.54. The van der Waals surface area contributed by atoms with Gasteiger partial charge in [0.05, 0.1) is 12.0 Å². The minimum Gasteiger partial charge on any atom is -0.494 e. The van der Waals surface area contributed by atoms with Crippen molar-refractivity contribution < 1.29 is 13.2 Å². The molecular formula is C17H18ClNO3S. The predicted molar refractivity (Wildman–Crippen MR) is 95.3 cm³/mol. The summed E-state index contributed by atoms with van der Waals surface area (Å²) in [4.78, 5) is 0. The average molecular weight is 352 g/mol. The van der Waals surface area contributed by atoms with Gasteiger partial charge >= 0.3 is 0 Å². The van der Waals surface area contributed by atoms with Crippen LogP contribution in [0, 0.1) is 0 Å². The second-order valence-corrected chi connectivity index (χ2v) is 6.88.